The Labute approximate surface area is 91.6 Å². The summed E-state index contributed by atoms with van der Waals surface area (Å²) < 4.78 is 0. The van der Waals surface area contributed by atoms with Crippen LogP contribution in [-0.4, -0.2) is 10.2 Å². The maximum absolute atomic E-state index is 9.99. The van der Waals surface area contributed by atoms with Crippen molar-refractivity contribution in [1.29, 1.82) is 0 Å². The van der Waals surface area contributed by atoms with Crippen LogP contribution < -0.4 is 0 Å². The number of aliphatic hydroxyl groups is 1. The molecule has 0 atom stereocenters. The lowest BCUT2D eigenvalue weighted by Gasteiger charge is -2.11. The van der Waals surface area contributed by atoms with Crippen LogP contribution in [0.3, 0.4) is 0 Å². The van der Waals surface area contributed by atoms with Gasteiger partial charge in [-0.2, -0.15) is 0 Å². The van der Waals surface area contributed by atoms with E-state index in [0.29, 0.717) is 5.75 Å². The molecule has 2 nitrogen and oxygen atoms in total. The topological polar surface area (TPSA) is 40.5 Å². The molecule has 0 heterocycles. The van der Waals surface area contributed by atoms with Gasteiger partial charge in [-0.1, -0.05) is 26.7 Å². The summed E-state index contributed by atoms with van der Waals surface area (Å²) in [5.74, 6) is 0.427. The molecule has 15 heavy (non-hydrogen) atoms. The molecule has 2 heteroatoms. The van der Waals surface area contributed by atoms with Crippen molar-refractivity contribution in [2.45, 2.75) is 46.1 Å². The second-order valence-electron chi connectivity index (χ2n) is 3.92. The van der Waals surface area contributed by atoms with Crippen molar-refractivity contribution in [2.75, 3.05) is 0 Å². The van der Waals surface area contributed by atoms with Crippen molar-refractivity contribution < 1.29 is 10.2 Å². The van der Waals surface area contributed by atoms with Gasteiger partial charge in [0.25, 0.3) is 0 Å². The Balaban J connectivity index is 3.08. The molecule has 0 unspecified atom stereocenters. The first-order valence-electron chi connectivity index (χ1n) is 5.67. The molecule has 0 aliphatic heterocycles. The van der Waals surface area contributed by atoms with Crippen LogP contribution in [-0.2, 0) is 19.4 Å². The third-order valence-corrected chi connectivity index (χ3v) is 2.55. The van der Waals surface area contributed by atoms with Crippen molar-refractivity contribution in [3.63, 3.8) is 0 Å². The Morgan fingerprint density at radius 2 is 1.47 bits per heavy atom. The van der Waals surface area contributed by atoms with E-state index in [1.165, 1.54) is 0 Å². The van der Waals surface area contributed by atoms with Gasteiger partial charge in [-0.15, -0.1) is 0 Å². The minimum atomic E-state index is 0.0493. The molecule has 84 valence electrons. The van der Waals surface area contributed by atoms with E-state index in [1.54, 1.807) is 0 Å². The van der Waals surface area contributed by atoms with E-state index in [-0.39, 0.29) is 6.61 Å². The molecule has 0 spiro atoms. The molecule has 1 aromatic rings. The Morgan fingerprint density at radius 3 is 1.80 bits per heavy atom. The van der Waals surface area contributed by atoms with Crippen molar-refractivity contribution in [1.82, 2.24) is 0 Å². The Hall–Kier alpha value is -1.02. The van der Waals surface area contributed by atoms with Gasteiger partial charge in [-0.05, 0) is 41.7 Å². The first-order valence-corrected chi connectivity index (χ1v) is 5.67. The molecule has 1 rings (SSSR count). The number of benzene rings is 1. The predicted molar refractivity (Wildman–Crippen MR) is 62.0 cm³/mol. The van der Waals surface area contributed by atoms with E-state index in [4.69, 9.17) is 5.11 Å². The van der Waals surface area contributed by atoms with Gasteiger partial charge < -0.3 is 10.2 Å². The molecule has 0 aliphatic carbocycles. The maximum atomic E-state index is 9.99. The van der Waals surface area contributed by atoms with Crippen LogP contribution in [0, 0.1) is 0 Å². The molecule has 0 radical (unpaired) electrons. The molecular weight excluding hydrogens is 188 g/mol. The second kappa shape index (κ2) is 5.76. The molecule has 0 bridgehead atoms. The summed E-state index contributed by atoms with van der Waals surface area (Å²) in [6, 6.07) is 3.80. The summed E-state index contributed by atoms with van der Waals surface area (Å²) in [5.41, 5.74) is 2.83. The van der Waals surface area contributed by atoms with Crippen LogP contribution in [0.25, 0.3) is 0 Å². The molecule has 0 fully saturated rings. The Kier molecular flexibility index (Phi) is 4.63. The fraction of sp³-hybridized carbons (Fsp3) is 0.538. The van der Waals surface area contributed by atoms with Crippen molar-refractivity contribution in [3.8, 4) is 5.75 Å². The Morgan fingerprint density at radius 1 is 1.00 bits per heavy atom. The zero-order valence-corrected chi connectivity index (χ0v) is 9.58. The Bertz CT molecular complexity index is 291. The van der Waals surface area contributed by atoms with Gasteiger partial charge in [0.05, 0.1) is 6.61 Å². The summed E-state index contributed by atoms with van der Waals surface area (Å²) in [7, 11) is 0. The quantitative estimate of drug-likeness (QED) is 0.781. The van der Waals surface area contributed by atoms with Crippen LogP contribution in [0.4, 0.5) is 0 Å². The molecule has 1 aromatic carbocycles. The molecular formula is C13H20O2. The average Bonchev–Trinajstić information content (AvgIpc) is 2.24. The predicted octanol–water partition coefficient (Wildman–Crippen LogP) is 2.79. The van der Waals surface area contributed by atoms with Crippen LogP contribution in [0.15, 0.2) is 12.1 Å². The van der Waals surface area contributed by atoms with E-state index >= 15 is 0 Å². The number of phenolic OH excluding ortho intramolecular Hbond substituents is 1. The van der Waals surface area contributed by atoms with E-state index in [2.05, 4.69) is 13.8 Å². The summed E-state index contributed by atoms with van der Waals surface area (Å²) in [6.07, 6.45) is 3.76. The molecule has 0 saturated heterocycles. The van der Waals surface area contributed by atoms with Crippen LogP contribution in [0.1, 0.15) is 43.4 Å². The normalized spacial score (nSPS) is 10.6. The zero-order valence-electron chi connectivity index (χ0n) is 9.58. The third-order valence-electron chi connectivity index (χ3n) is 2.55. The highest BCUT2D eigenvalue weighted by molar-refractivity contribution is 5.43. The van der Waals surface area contributed by atoms with Gasteiger partial charge in [0, 0.05) is 0 Å². The first-order chi connectivity index (χ1) is 7.22. The SMILES string of the molecule is CCCc1cc(CO)cc(CCC)c1O. The maximum Gasteiger partial charge on any atom is 0.121 e. The number of phenols is 1. The van der Waals surface area contributed by atoms with E-state index in [1.807, 2.05) is 12.1 Å². The van der Waals surface area contributed by atoms with Gasteiger partial charge in [-0.3, -0.25) is 0 Å². The van der Waals surface area contributed by atoms with Gasteiger partial charge >= 0.3 is 0 Å². The smallest absolute Gasteiger partial charge is 0.121 e. The van der Waals surface area contributed by atoms with E-state index in [9.17, 15) is 5.11 Å². The second-order valence-corrected chi connectivity index (χ2v) is 3.92. The molecule has 0 aliphatic rings. The van der Waals surface area contributed by atoms with Crippen LogP contribution >= 0.6 is 0 Å². The number of aliphatic hydroxyl groups excluding tert-OH is 1. The summed E-state index contributed by atoms with van der Waals surface area (Å²) in [6.45, 7) is 4.23. The number of aromatic hydroxyl groups is 1. The first kappa shape index (κ1) is 12.1. The van der Waals surface area contributed by atoms with Gasteiger partial charge in [-0.25, -0.2) is 0 Å². The molecule has 0 amide bonds. The lowest BCUT2D eigenvalue weighted by atomic mass is 9.98. The van der Waals surface area contributed by atoms with E-state index in [0.717, 1.165) is 42.4 Å². The fourth-order valence-electron chi connectivity index (χ4n) is 1.84. The number of rotatable bonds is 5. The standard InChI is InChI=1S/C13H20O2/c1-3-5-11-7-10(9-14)8-12(6-4-2)13(11)15/h7-8,14-15H,3-6,9H2,1-2H3. The summed E-state index contributed by atoms with van der Waals surface area (Å²) in [5, 5.41) is 19.1. The zero-order chi connectivity index (χ0) is 11.3. The van der Waals surface area contributed by atoms with Crippen molar-refractivity contribution >= 4 is 0 Å². The van der Waals surface area contributed by atoms with Crippen molar-refractivity contribution in [2.24, 2.45) is 0 Å². The highest BCUT2D eigenvalue weighted by Gasteiger charge is 2.08. The minimum absolute atomic E-state index is 0.0493. The third kappa shape index (κ3) is 2.96. The van der Waals surface area contributed by atoms with Crippen LogP contribution in [0.5, 0.6) is 5.75 Å². The largest absolute Gasteiger partial charge is 0.507 e. The molecule has 0 aromatic heterocycles. The minimum Gasteiger partial charge on any atom is -0.507 e. The number of aryl methyl sites for hydroxylation is 2. The highest BCUT2D eigenvalue weighted by Crippen LogP contribution is 2.27. The van der Waals surface area contributed by atoms with Crippen molar-refractivity contribution in [3.05, 3.63) is 28.8 Å². The lowest BCUT2D eigenvalue weighted by molar-refractivity contribution is 0.281. The lowest BCUT2D eigenvalue weighted by Crippen LogP contribution is -1.95. The van der Waals surface area contributed by atoms with E-state index < -0.39 is 0 Å². The highest BCUT2D eigenvalue weighted by atomic mass is 16.3. The number of hydrogen-bond donors (Lipinski definition) is 2. The van der Waals surface area contributed by atoms with Gasteiger partial charge in [0.2, 0.25) is 0 Å². The molecule has 2 N–H and O–H groups in total. The molecule has 0 saturated carbocycles. The monoisotopic (exact) mass is 208 g/mol. The summed E-state index contributed by atoms with van der Waals surface area (Å²) in [4.78, 5) is 0. The van der Waals surface area contributed by atoms with Gasteiger partial charge in [0.1, 0.15) is 5.75 Å². The van der Waals surface area contributed by atoms with Gasteiger partial charge in [0.15, 0.2) is 0 Å². The van der Waals surface area contributed by atoms with Crippen LogP contribution in [0.2, 0.25) is 0 Å². The number of hydrogen-bond acceptors (Lipinski definition) is 2. The summed E-state index contributed by atoms with van der Waals surface area (Å²) >= 11 is 0. The fourth-order valence-corrected chi connectivity index (χ4v) is 1.84. The average molecular weight is 208 g/mol.